The van der Waals surface area contributed by atoms with Crippen molar-refractivity contribution in [3.63, 3.8) is 0 Å². The molecule has 0 amide bonds. The van der Waals surface area contributed by atoms with Gasteiger partial charge in [-0.15, -0.1) is 12.4 Å². The highest BCUT2D eigenvalue weighted by Crippen LogP contribution is 2.31. The monoisotopic (exact) mass is 255 g/mol. The van der Waals surface area contributed by atoms with Crippen LogP contribution >= 0.6 is 12.4 Å². The molecule has 1 aromatic carbocycles. The van der Waals surface area contributed by atoms with Gasteiger partial charge in [-0.2, -0.15) is 8.78 Å². The van der Waals surface area contributed by atoms with Crippen molar-refractivity contribution in [2.45, 2.75) is 18.9 Å². The minimum Gasteiger partial charge on any atom is -0.390 e. The van der Waals surface area contributed by atoms with E-state index in [1.807, 2.05) is 0 Å². The van der Waals surface area contributed by atoms with Crippen molar-refractivity contribution in [3.05, 3.63) is 35.1 Å². The molecule has 0 heterocycles. The summed E-state index contributed by atoms with van der Waals surface area (Å²) in [6.07, 6.45) is 0. The molecule has 3 N–H and O–H groups in total. The number of halogens is 4. The first-order chi connectivity index (χ1) is 6.90. The number of alkyl halides is 2. The molecule has 0 aromatic heterocycles. The Morgan fingerprint density at radius 1 is 1.44 bits per heavy atom. The lowest BCUT2D eigenvalue weighted by Gasteiger charge is -2.17. The Morgan fingerprint density at radius 2 is 2.00 bits per heavy atom. The van der Waals surface area contributed by atoms with E-state index in [1.54, 1.807) is 0 Å². The first-order valence-electron chi connectivity index (χ1n) is 4.43. The maximum atomic E-state index is 13.5. The number of hydrogen-bond acceptors (Lipinski definition) is 2. The van der Waals surface area contributed by atoms with Crippen molar-refractivity contribution >= 4 is 12.4 Å². The maximum absolute atomic E-state index is 13.5. The average molecular weight is 256 g/mol. The molecule has 0 aliphatic carbocycles. The molecule has 0 fully saturated rings. The van der Waals surface area contributed by atoms with Crippen molar-refractivity contribution < 1.29 is 18.3 Å². The fraction of sp³-hybridized carbons (Fsp3) is 0.400. The van der Waals surface area contributed by atoms with Crippen LogP contribution < -0.4 is 5.73 Å². The lowest BCUT2D eigenvalue weighted by Crippen LogP contribution is -2.22. The third kappa shape index (κ3) is 2.87. The summed E-state index contributed by atoms with van der Waals surface area (Å²) < 4.78 is 39.7. The molecule has 0 saturated heterocycles. The van der Waals surface area contributed by atoms with Gasteiger partial charge in [-0.05, 0) is 13.0 Å². The van der Waals surface area contributed by atoms with Crippen LogP contribution in [-0.4, -0.2) is 11.7 Å². The highest BCUT2D eigenvalue weighted by Gasteiger charge is 2.34. The minimum atomic E-state index is -3.57. The smallest absolute Gasteiger partial charge is 0.298 e. The van der Waals surface area contributed by atoms with Gasteiger partial charge in [0, 0.05) is 11.6 Å². The number of rotatable bonds is 3. The zero-order chi connectivity index (χ0) is 11.6. The van der Waals surface area contributed by atoms with E-state index < -0.39 is 30.0 Å². The van der Waals surface area contributed by atoms with E-state index in [0.29, 0.717) is 0 Å². The zero-order valence-electron chi connectivity index (χ0n) is 8.58. The van der Waals surface area contributed by atoms with Gasteiger partial charge >= 0.3 is 0 Å². The normalized spacial score (nSPS) is 13.1. The molecule has 92 valence electrons. The van der Waals surface area contributed by atoms with Gasteiger partial charge in [0.2, 0.25) is 0 Å². The fourth-order valence-electron chi connectivity index (χ4n) is 1.27. The molecule has 0 bridgehead atoms. The summed E-state index contributed by atoms with van der Waals surface area (Å²) in [7, 11) is 0. The summed E-state index contributed by atoms with van der Waals surface area (Å²) >= 11 is 0. The van der Waals surface area contributed by atoms with Crippen LogP contribution in [0, 0.1) is 5.82 Å². The molecular formula is C10H13ClF3NO. The number of nitrogens with two attached hydrogens (primary N) is 1. The van der Waals surface area contributed by atoms with Crippen molar-refractivity contribution in [3.8, 4) is 0 Å². The molecule has 1 unspecified atom stereocenters. The summed E-state index contributed by atoms with van der Waals surface area (Å²) in [5, 5.41) is 8.45. The van der Waals surface area contributed by atoms with Crippen molar-refractivity contribution in [2.24, 2.45) is 5.73 Å². The summed E-state index contributed by atoms with van der Waals surface area (Å²) in [5.74, 6) is -4.62. The molecule has 1 aromatic rings. The Balaban J connectivity index is 0.00000225. The molecule has 2 nitrogen and oxygen atoms in total. The summed E-state index contributed by atoms with van der Waals surface area (Å²) in [6.45, 7) is 0.0750. The van der Waals surface area contributed by atoms with E-state index >= 15 is 0 Å². The maximum Gasteiger partial charge on any atom is 0.298 e. The van der Waals surface area contributed by atoms with Gasteiger partial charge < -0.3 is 10.8 Å². The van der Waals surface area contributed by atoms with Crippen LogP contribution in [0.4, 0.5) is 13.2 Å². The van der Waals surface area contributed by atoms with Gasteiger partial charge in [0.05, 0.1) is 5.56 Å². The Bertz CT molecular complexity index is 358. The highest BCUT2D eigenvalue weighted by atomic mass is 35.5. The topological polar surface area (TPSA) is 46.2 Å². The molecule has 1 atom stereocenters. The summed E-state index contributed by atoms with van der Waals surface area (Å²) in [4.78, 5) is 0. The molecule has 0 spiro atoms. The van der Waals surface area contributed by atoms with Crippen LogP contribution in [0.25, 0.3) is 0 Å². The Morgan fingerprint density at radius 3 is 2.44 bits per heavy atom. The Kier molecular flexibility index (Phi) is 5.25. The Labute approximate surface area is 97.7 Å². The molecular weight excluding hydrogens is 243 g/mol. The molecule has 1 rings (SSSR count). The predicted molar refractivity (Wildman–Crippen MR) is 57.2 cm³/mol. The summed E-state index contributed by atoms with van der Waals surface area (Å²) in [6, 6.07) is 2.91. The van der Waals surface area contributed by atoms with E-state index in [2.05, 4.69) is 0 Å². The lowest BCUT2D eigenvalue weighted by molar-refractivity contribution is -0.0584. The molecule has 0 radical (unpaired) electrons. The lowest BCUT2D eigenvalue weighted by atomic mass is 10.0. The SMILES string of the molecule is CC(N)c1cccc(C(F)(F)CO)c1F.Cl. The van der Waals surface area contributed by atoms with Crippen LogP contribution in [0.1, 0.15) is 24.1 Å². The molecule has 0 saturated carbocycles. The quantitative estimate of drug-likeness (QED) is 0.871. The van der Waals surface area contributed by atoms with Crippen molar-refractivity contribution in [1.82, 2.24) is 0 Å². The van der Waals surface area contributed by atoms with Crippen LogP contribution in [0.15, 0.2) is 18.2 Å². The molecule has 0 aliphatic rings. The van der Waals surface area contributed by atoms with Crippen LogP contribution in [0.5, 0.6) is 0 Å². The molecule has 16 heavy (non-hydrogen) atoms. The van der Waals surface area contributed by atoms with E-state index in [9.17, 15) is 13.2 Å². The fourth-order valence-corrected chi connectivity index (χ4v) is 1.27. The average Bonchev–Trinajstić information content (AvgIpc) is 2.17. The number of benzene rings is 1. The third-order valence-electron chi connectivity index (χ3n) is 2.11. The van der Waals surface area contributed by atoms with Gasteiger partial charge in [0.25, 0.3) is 5.92 Å². The summed E-state index contributed by atoms with van der Waals surface area (Å²) in [5.41, 5.74) is 4.62. The van der Waals surface area contributed by atoms with Crippen LogP contribution in [0.2, 0.25) is 0 Å². The van der Waals surface area contributed by atoms with E-state index in [1.165, 1.54) is 19.1 Å². The Hall–Kier alpha value is -0.780. The first-order valence-corrected chi connectivity index (χ1v) is 4.43. The van der Waals surface area contributed by atoms with Gasteiger partial charge in [-0.3, -0.25) is 0 Å². The molecule has 6 heteroatoms. The number of hydrogen-bond donors (Lipinski definition) is 2. The van der Waals surface area contributed by atoms with E-state index in [0.717, 1.165) is 6.07 Å². The van der Waals surface area contributed by atoms with Crippen LogP contribution in [-0.2, 0) is 5.92 Å². The second-order valence-electron chi connectivity index (χ2n) is 3.36. The van der Waals surface area contributed by atoms with Crippen molar-refractivity contribution in [2.75, 3.05) is 6.61 Å². The van der Waals surface area contributed by atoms with Gasteiger partial charge in [-0.1, -0.05) is 12.1 Å². The zero-order valence-corrected chi connectivity index (χ0v) is 9.40. The van der Waals surface area contributed by atoms with E-state index in [-0.39, 0.29) is 18.0 Å². The van der Waals surface area contributed by atoms with Gasteiger partial charge in [0.1, 0.15) is 12.4 Å². The minimum absolute atomic E-state index is 0. The molecule has 0 aliphatic heterocycles. The van der Waals surface area contributed by atoms with Gasteiger partial charge in [-0.25, -0.2) is 4.39 Å². The second-order valence-corrected chi connectivity index (χ2v) is 3.36. The number of aliphatic hydroxyl groups is 1. The number of aliphatic hydroxyl groups excluding tert-OH is 1. The standard InChI is InChI=1S/C10H12F3NO.ClH/c1-6(14)7-3-2-4-8(9(7)11)10(12,13)5-15;/h2-4,6,15H,5,14H2,1H3;1H. The van der Waals surface area contributed by atoms with Gasteiger partial charge in [0.15, 0.2) is 0 Å². The van der Waals surface area contributed by atoms with Crippen LogP contribution in [0.3, 0.4) is 0 Å². The third-order valence-corrected chi connectivity index (χ3v) is 2.11. The first kappa shape index (κ1) is 15.2. The predicted octanol–water partition coefficient (Wildman–Crippen LogP) is 2.35. The van der Waals surface area contributed by atoms with Crippen molar-refractivity contribution in [1.29, 1.82) is 0 Å². The largest absolute Gasteiger partial charge is 0.390 e. The highest BCUT2D eigenvalue weighted by molar-refractivity contribution is 5.85. The second kappa shape index (κ2) is 5.52. The van der Waals surface area contributed by atoms with E-state index in [4.69, 9.17) is 10.8 Å².